The number of fused-ring (bicyclic) bond motifs is 1. The predicted molar refractivity (Wildman–Crippen MR) is 91.6 cm³/mol. The van der Waals surface area contributed by atoms with E-state index in [2.05, 4.69) is 15.2 Å². The Morgan fingerprint density at radius 1 is 1.24 bits per heavy atom. The lowest BCUT2D eigenvalue weighted by Crippen LogP contribution is -2.08. The van der Waals surface area contributed by atoms with E-state index in [0.717, 1.165) is 22.4 Å². The second-order valence-corrected chi connectivity index (χ2v) is 5.40. The van der Waals surface area contributed by atoms with Gasteiger partial charge in [0.1, 0.15) is 11.3 Å². The van der Waals surface area contributed by atoms with E-state index in [0.29, 0.717) is 5.17 Å². The molecule has 1 aromatic carbocycles. The number of hydrogen-bond donors (Lipinski definition) is 0. The molecule has 0 atom stereocenters. The van der Waals surface area contributed by atoms with Gasteiger partial charge in [-0.15, -0.1) is 10.2 Å². The minimum atomic E-state index is 0.596. The maximum atomic E-state index is 5.74. The highest BCUT2D eigenvalue weighted by molar-refractivity contribution is 8.13. The highest BCUT2D eigenvalue weighted by atomic mass is 32.2. The number of benzene rings is 1. The van der Waals surface area contributed by atoms with Crippen molar-refractivity contribution in [2.24, 2.45) is 15.2 Å². The van der Waals surface area contributed by atoms with Gasteiger partial charge >= 0.3 is 0 Å². The van der Waals surface area contributed by atoms with Gasteiger partial charge in [-0.3, -0.25) is 0 Å². The third-order valence-electron chi connectivity index (χ3n) is 2.65. The summed E-state index contributed by atoms with van der Waals surface area (Å²) < 4.78 is 5.74. The minimum Gasteiger partial charge on any atom is -0.455 e. The number of rotatable bonds is 3. The lowest BCUT2D eigenvalue weighted by Gasteiger charge is -2.01. The molecule has 0 aliphatic heterocycles. The molecule has 110 valence electrons. The van der Waals surface area contributed by atoms with Crippen LogP contribution in [0.1, 0.15) is 12.7 Å². The molecule has 0 saturated heterocycles. The smallest absolute Gasteiger partial charge is 0.210 e. The van der Waals surface area contributed by atoms with E-state index in [1.807, 2.05) is 62.5 Å². The van der Waals surface area contributed by atoms with Crippen molar-refractivity contribution < 1.29 is 4.42 Å². The molecule has 0 aliphatic carbocycles. The van der Waals surface area contributed by atoms with E-state index in [-0.39, 0.29) is 0 Å². The summed E-state index contributed by atoms with van der Waals surface area (Å²) in [6.07, 6.45) is 3.61. The maximum absolute atomic E-state index is 5.74. The van der Waals surface area contributed by atoms with Crippen molar-refractivity contribution in [3.05, 3.63) is 36.1 Å². The van der Waals surface area contributed by atoms with Gasteiger partial charge in [0, 0.05) is 19.5 Å². The Morgan fingerprint density at radius 3 is 2.67 bits per heavy atom. The first-order valence-electron chi connectivity index (χ1n) is 6.46. The lowest BCUT2D eigenvalue weighted by molar-refractivity contribution is 0.604. The summed E-state index contributed by atoms with van der Waals surface area (Å²) in [5, 5.41) is 9.99. The Labute approximate surface area is 128 Å². The van der Waals surface area contributed by atoms with Crippen molar-refractivity contribution in [3.8, 4) is 0 Å². The Bertz CT molecular complexity index is 668. The molecule has 6 heteroatoms. The maximum Gasteiger partial charge on any atom is 0.210 e. The van der Waals surface area contributed by atoms with Crippen LogP contribution in [0.4, 0.5) is 0 Å². The molecular weight excluding hydrogens is 284 g/mol. The van der Waals surface area contributed by atoms with E-state index < -0.39 is 0 Å². The zero-order chi connectivity index (χ0) is 15.2. The molecule has 0 spiro atoms. The van der Waals surface area contributed by atoms with Crippen LogP contribution < -0.4 is 0 Å². The molecule has 2 aromatic rings. The van der Waals surface area contributed by atoms with Gasteiger partial charge in [0.2, 0.25) is 5.17 Å². The molecule has 0 radical (unpaired) electrons. The second-order valence-electron chi connectivity index (χ2n) is 4.63. The third-order valence-corrected chi connectivity index (χ3v) is 3.20. The Balaban J connectivity index is 2.23. The van der Waals surface area contributed by atoms with E-state index in [4.69, 9.17) is 4.42 Å². The van der Waals surface area contributed by atoms with E-state index in [1.54, 1.807) is 6.34 Å². The molecule has 0 unspecified atom stereocenters. The van der Waals surface area contributed by atoms with Crippen LogP contribution in [0.15, 0.2) is 49.9 Å². The van der Waals surface area contributed by atoms with E-state index in [9.17, 15) is 0 Å². The molecule has 0 N–H and O–H groups in total. The van der Waals surface area contributed by atoms with Crippen LogP contribution in [0.2, 0.25) is 0 Å². The fourth-order valence-electron chi connectivity index (χ4n) is 1.61. The van der Waals surface area contributed by atoms with Crippen LogP contribution >= 0.6 is 11.8 Å². The SMILES string of the molecule is CSC(=N\N=C(\C)c1cc2ccccc2o1)/N=C/N(C)C. The molecule has 0 bridgehead atoms. The number of thioether (sulfide) groups is 1. The zero-order valence-corrected chi connectivity index (χ0v) is 13.4. The van der Waals surface area contributed by atoms with Crippen LogP contribution in [-0.2, 0) is 0 Å². The topological polar surface area (TPSA) is 53.5 Å². The summed E-state index contributed by atoms with van der Waals surface area (Å²) in [7, 11) is 3.81. The number of amidine groups is 1. The monoisotopic (exact) mass is 302 g/mol. The molecule has 1 heterocycles. The molecule has 0 amide bonds. The lowest BCUT2D eigenvalue weighted by atomic mass is 10.2. The fraction of sp³-hybridized carbons (Fsp3) is 0.267. The summed E-state index contributed by atoms with van der Waals surface area (Å²) in [4.78, 5) is 6.08. The third kappa shape index (κ3) is 4.19. The number of aliphatic imine (C=N–C) groups is 1. The molecule has 0 saturated carbocycles. The summed E-state index contributed by atoms with van der Waals surface area (Å²) in [6, 6.07) is 9.83. The summed E-state index contributed by atoms with van der Waals surface area (Å²) in [5.41, 5.74) is 1.57. The van der Waals surface area contributed by atoms with Crippen molar-refractivity contribution in [2.45, 2.75) is 6.92 Å². The molecule has 5 nitrogen and oxygen atoms in total. The van der Waals surface area contributed by atoms with Crippen LogP contribution in [0, 0.1) is 0 Å². The predicted octanol–water partition coefficient (Wildman–Crippen LogP) is 3.47. The first kappa shape index (κ1) is 15.3. The van der Waals surface area contributed by atoms with E-state index in [1.165, 1.54) is 11.8 Å². The molecule has 0 fully saturated rings. The number of nitrogens with zero attached hydrogens (tertiary/aromatic N) is 4. The number of para-hydroxylation sites is 1. The summed E-state index contributed by atoms with van der Waals surface area (Å²) in [5.74, 6) is 0.719. The van der Waals surface area contributed by atoms with Crippen molar-refractivity contribution in [1.29, 1.82) is 0 Å². The minimum absolute atomic E-state index is 0.596. The standard InChI is InChI=1S/C15H18N4OS/c1-11(17-18-15(21-4)16-10-19(2)3)14-9-12-7-5-6-8-13(12)20-14/h5-10H,1-4H3/b16-10+,17-11-,18-15-. The first-order valence-corrected chi connectivity index (χ1v) is 7.68. The average molecular weight is 302 g/mol. The highest BCUT2D eigenvalue weighted by Gasteiger charge is 2.05. The Hall–Kier alpha value is -2.08. The molecule has 2 rings (SSSR count). The van der Waals surface area contributed by atoms with E-state index >= 15 is 0 Å². The van der Waals surface area contributed by atoms with Crippen molar-refractivity contribution in [2.75, 3.05) is 20.4 Å². The first-order chi connectivity index (χ1) is 10.1. The van der Waals surface area contributed by atoms with Crippen LogP contribution in [0.3, 0.4) is 0 Å². The molecular formula is C15H18N4OS. The normalized spacial score (nSPS) is 13.3. The largest absolute Gasteiger partial charge is 0.455 e. The Kier molecular flexibility index (Phi) is 5.16. The summed E-state index contributed by atoms with van der Waals surface area (Å²) >= 11 is 1.44. The van der Waals surface area contributed by atoms with Gasteiger partial charge in [-0.25, -0.2) is 4.99 Å². The summed E-state index contributed by atoms with van der Waals surface area (Å²) in [6.45, 7) is 1.87. The fourth-order valence-corrected chi connectivity index (χ4v) is 1.89. The quantitative estimate of drug-likeness (QED) is 0.495. The van der Waals surface area contributed by atoms with Crippen molar-refractivity contribution in [3.63, 3.8) is 0 Å². The average Bonchev–Trinajstić information content (AvgIpc) is 2.91. The Morgan fingerprint density at radius 2 is 2.00 bits per heavy atom. The molecule has 21 heavy (non-hydrogen) atoms. The second kappa shape index (κ2) is 7.08. The number of furan rings is 1. The van der Waals surface area contributed by atoms with Crippen molar-refractivity contribution >= 4 is 39.9 Å². The van der Waals surface area contributed by atoms with Gasteiger partial charge in [0.25, 0.3) is 0 Å². The highest BCUT2D eigenvalue weighted by Crippen LogP contribution is 2.19. The molecule has 0 aliphatic rings. The van der Waals surface area contributed by atoms with Gasteiger partial charge in [-0.1, -0.05) is 30.0 Å². The van der Waals surface area contributed by atoms with Gasteiger partial charge in [-0.05, 0) is 25.3 Å². The van der Waals surface area contributed by atoms with Gasteiger partial charge in [0.05, 0.1) is 6.34 Å². The molecule has 1 aromatic heterocycles. The number of hydrogen-bond acceptors (Lipinski definition) is 4. The van der Waals surface area contributed by atoms with Gasteiger partial charge in [0.15, 0.2) is 5.76 Å². The van der Waals surface area contributed by atoms with Crippen LogP contribution in [0.25, 0.3) is 11.0 Å². The van der Waals surface area contributed by atoms with Gasteiger partial charge in [-0.2, -0.15) is 0 Å². The van der Waals surface area contributed by atoms with Crippen LogP contribution in [-0.4, -0.2) is 42.5 Å². The van der Waals surface area contributed by atoms with Crippen molar-refractivity contribution in [1.82, 2.24) is 4.90 Å². The van der Waals surface area contributed by atoms with Gasteiger partial charge < -0.3 is 9.32 Å². The zero-order valence-electron chi connectivity index (χ0n) is 12.6. The van der Waals surface area contributed by atoms with Crippen LogP contribution in [0.5, 0.6) is 0 Å².